The molecule has 2 aliphatic rings. The molecule has 3 aromatic rings. The van der Waals surface area contributed by atoms with Gasteiger partial charge < -0.3 is 20.6 Å². The van der Waals surface area contributed by atoms with Crippen molar-refractivity contribution in [3.8, 4) is 11.1 Å². The summed E-state index contributed by atoms with van der Waals surface area (Å²) < 4.78 is 0. The largest absolute Gasteiger partial charge is 0.478 e. The third kappa shape index (κ3) is 5.10. The normalized spacial score (nSPS) is 17.3. The Kier molecular flexibility index (Phi) is 6.71. The Morgan fingerprint density at radius 1 is 0.722 bits per heavy atom. The summed E-state index contributed by atoms with van der Waals surface area (Å²) >= 11 is 0. The number of hydrogen-bond donors (Lipinski definition) is 3. The molecule has 1 atom stereocenters. The highest BCUT2D eigenvalue weighted by Crippen LogP contribution is 2.36. The molecular formula is C29H29N3O4. The molecule has 3 N–H and O–H groups in total. The van der Waals surface area contributed by atoms with Crippen LogP contribution in [0.5, 0.6) is 0 Å². The lowest BCUT2D eigenvalue weighted by molar-refractivity contribution is -0.119. The number of hydrogen-bond acceptors (Lipinski definition) is 3. The van der Waals surface area contributed by atoms with E-state index in [-0.39, 0.29) is 17.5 Å². The molecule has 0 aromatic heterocycles. The van der Waals surface area contributed by atoms with E-state index in [1.165, 1.54) is 24.8 Å². The van der Waals surface area contributed by atoms with E-state index in [4.69, 9.17) is 5.11 Å². The average Bonchev–Trinajstić information content (AvgIpc) is 3.35. The first kappa shape index (κ1) is 23.6. The van der Waals surface area contributed by atoms with Crippen LogP contribution in [0.2, 0.25) is 0 Å². The van der Waals surface area contributed by atoms with Crippen LogP contribution >= 0.6 is 0 Å². The number of benzene rings is 3. The van der Waals surface area contributed by atoms with Gasteiger partial charge in [0.1, 0.15) is 6.04 Å². The molecule has 7 heteroatoms. The number of nitrogens with one attached hydrogen (secondary N) is 2. The average molecular weight is 484 g/mol. The molecule has 3 amide bonds. The fraction of sp³-hybridized carbons (Fsp3) is 0.276. The molecule has 2 fully saturated rings. The Morgan fingerprint density at radius 3 is 1.89 bits per heavy atom. The molecule has 0 unspecified atom stereocenters. The van der Waals surface area contributed by atoms with Gasteiger partial charge in [-0.15, -0.1) is 0 Å². The topological polar surface area (TPSA) is 98.7 Å². The van der Waals surface area contributed by atoms with E-state index in [9.17, 15) is 14.4 Å². The smallest absolute Gasteiger partial charge is 0.335 e. The van der Waals surface area contributed by atoms with Crippen molar-refractivity contribution in [2.75, 3.05) is 17.2 Å². The number of nitrogens with zero attached hydrogens (tertiary/aromatic N) is 1. The minimum absolute atomic E-state index is 0.207. The molecule has 0 bridgehead atoms. The maximum absolute atomic E-state index is 13.0. The van der Waals surface area contributed by atoms with Crippen LogP contribution in [0.15, 0.2) is 72.8 Å². The van der Waals surface area contributed by atoms with Crippen molar-refractivity contribution in [3.63, 3.8) is 0 Å². The number of urea groups is 1. The molecule has 0 spiro atoms. The van der Waals surface area contributed by atoms with Gasteiger partial charge in [0, 0.05) is 17.9 Å². The molecule has 184 valence electrons. The van der Waals surface area contributed by atoms with Gasteiger partial charge >= 0.3 is 12.0 Å². The predicted molar refractivity (Wildman–Crippen MR) is 139 cm³/mol. The van der Waals surface area contributed by atoms with E-state index < -0.39 is 12.0 Å². The summed E-state index contributed by atoms with van der Waals surface area (Å²) in [5.41, 5.74) is 4.73. The third-order valence-electron chi connectivity index (χ3n) is 7.17. The van der Waals surface area contributed by atoms with Gasteiger partial charge in [-0.1, -0.05) is 42.8 Å². The Hall–Kier alpha value is -4.13. The first-order valence-corrected chi connectivity index (χ1v) is 12.4. The van der Waals surface area contributed by atoms with Crippen molar-refractivity contribution in [2.45, 2.75) is 44.1 Å². The van der Waals surface area contributed by atoms with Gasteiger partial charge in [-0.25, -0.2) is 9.59 Å². The number of carbonyl (C=O) groups is 3. The molecule has 0 radical (unpaired) electrons. The maximum Gasteiger partial charge on any atom is 0.335 e. The van der Waals surface area contributed by atoms with Gasteiger partial charge in [0.25, 0.3) is 0 Å². The highest BCUT2D eigenvalue weighted by atomic mass is 16.4. The van der Waals surface area contributed by atoms with Crippen molar-refractivity contribution in [1.29, 1.82) is 0 Å². The SMILES string of the molecule is O=C(O)c1ccc(-c2ccc(NC(=O)[C@@H]3CCCN3C(=O)Nc3ccc(C4CCC4)cc3)cc2)cc1. The Bertz CT molecular complexity index is 1250. The number of likely N-dealkylation sites (tertiary alicyclic amines) is 1. The standard InChI is InChI=1S/C29H29N3O4/c33-27(30-24-14-10-22(11-15-24)20-6-8-23(9-7-20)28(34)35)26-5-2-18-32(26)29(36)31-25-16-12-21(13-17-25)19-3-1-4-19/h6-17,19,26H,1-5,18H2,(H,30,33)(H,31,36)(H,34,35)/t26-/m0/s1. The number of aromatic carboxylic acids is 1. The van der Waals surface area contributed by atoms with E-state index in [2.05, 4.69) is 22.8 Å². The summed E-state index contributed by atoms with van der Waals surface area (Å²) in [6.45, 7) is 0.537. The zero-order valence-electron chi connectivity index (χ0n) is 19.9. The maximum atomic E-state index is 13.0. The quantitative estimate of drug-likeness (QED) is 0.403. The van der Waals surface area contributed by atoms with Crippen molar-refractivity contribution in [2.24, 2.45) is 0 Å². The van der Waals surface area contributed by atoms with Crippen molar-refractivity contribution in [1.82, 2.24) is 4.90 Å². The van der Waals surface area contributed by atoms with Crippen molar-refractivity contribution in [3.05, 3.63) is 83.9 Å². The fourth-order valence-corrected chi connectivity index (χ4v) is 4.83. The summed E-state index contributed by atoms with van der Waals surface area (Å²) in [5.74, 6) is -0.523. The minimum Gasteiger partial charge on any atom is -0.478 e. The van der Waals surface area contributed by atoms with Crippen LogP contribution in [-0.2, 0) is 4.79 Å². The van der Waals surface area contributed by atoms with Gasteiger partial charge in [-0.05, 0) is 84.7 Å². The van der Waals surface area contributed by atoms with Gasteiger partial charge in [0.2, 0.25) is 5.91 Å². The number of rotatable bonds is 6. The zero-order valence-corrected chi connectivity index (χ0v) is 19.9. The second kappa shape index (κ2) is 10.2. The Labute approximate surface area is 210 Å². The van der Waals surface area contributed by atoms with Crippen LogP contribution in [0.25, 0.3) is 11.1 Å². The molecule has 1 saturated heterocycles. The molecular weight excluding hydrogens is 454 g/mol. The second-order valence-corrected chi connectivity index (χ2v) is 9.48. The highest BCUT2D eigenvalue weighted by molar-refractivity contribution is 5.99. The van der Waals surface area contributed by atoms with Crippen LogP contribution in [0.4, 0.5) is 16.2 Å². The summed E-state index contributed by atoms with van der Waals surface area (Å²) in [4.78, 5) is 38.6. The summed E-state index contributed by atoms with van der Waals surface area (Å²) in [7, 11) is 0. The van der Waals surface area contributed by atoms with E-state index in [0.717, 1.165) is 23.2 Å². The third-order valence-corrected chi connectivity index (χ3v) is 7.17. The van der Waals surface area contributed by atoms with Gasteiger partial charge in [0.15, 0.2) is 0 Å². The number of amides is 3. The first-order chi connectivity index (χ1) is 17.5. The highest BCUT2D eigenvalue weighted by Gasteiger charge is 2.34. The van der Waals surface area contributed by atoms with Crippen LogP contribution < -0.4 is 10.6 Å². The Balaban J connectivity index is 1.19. The summed E-state index contributed by atoms with van der Waals surface area (Å²) in [6, 6.07) is 21.3. The van der Waals surface area contributed by atoms with Crippen LogP contribution in [0, 0.1) is 0 Å². The predicted octanol–water partition coefficient (Wildman–Crippen LogP) is 5.95. The summed E-state index contributed by atoms with van der Waals surface area (Å²) in [6.07, 6.45) is 5.15. The van der Waals surface area contributed by atoms with Gasteiger partial charge in [-0.3, -0.25) is 4.79 Å². The second-order valence-electron chi connectivity index (χ2n) is 9.48. The van der Waals surface area contributed by atoms with Gasteiger partial charge in [-0.2, -0.15) is 0 Å². The molecule has 1 aliphatic carbocycles. The van der Waals surface area contributed by atoms with Crippen LogP contribution in [0.3, 0.4) is 0 Å². The Morgan fingerprint density at radius 2 is 1.31 bits per heavy atom. The molecule has 7 nitrogen and oxygen atoms in total. The first-order valence-electron chi connectivity index (χ1n) is 12.4. The van der Waals surface area contributed by atoms with Crippen LogP contribution in [0.1, 0.15) is 53.9 Å². The number of carbonyl (C=O) groups excluding carboxylic acids is 2. The molecule has 5 rings (SSSR count). The molecule has 36 heavy (non-hydrogen) atoms. The number of carboxylic acid groups (broad SMARTS) is 1. The molecule has 1 saturated carbocycles. The summed E-state index contributed by atoms with van der Waals surface area (Å²) in [5, 5.41) is 14.9. The number of carboxylic acids is 1. The lowest BCUT2D eigenvalue weighted by atomic mass is 9.80. The lowest BCUT2D eigenvalue weighted by Crippen LogP contribution is -2.45. The zero-order chi connectivity index (χ0) is 25.1. The number of anilines is 2. The molecule has 1 heterocycles. The monoisotopic (exact) mass is 483 g/mol. The molecule has 3 aromatic carbocycles. The van der Waals surface area contributed by atoms with E-state index in [1.807, 2.05) is 24.3 Å². The fourth-order valence-electron chi connectivity index (χ4n) is 4.83. The van der Waals surface area contributed by atoms with Gasteiger partial charge in [0.05, 0.1) is 5.56 Å². The van der Waals surface area contributed by atoms with Crippen molar-refractivity contribution >= 4 is 29.3 Å². The van der Waals surface area contributed by atoms with Crippen molar-refractivity contribution < 1.29 is 19.5 Å². The van der Waals surface area contributed by atoms with E-state index in [0.29, 0.717) is 24.6 Å². The lowest BCUT2D eigenvalue weighted by Gasteiger charge is -2.26. The van der Waals surface area contributed by atoms with E-state index >= 15 is 0 Å². The molecule has 1 aliphatic heterocycles. The van der Waals surface area contributed by atoms with Crippen LogP contribution in [-0.4, -0.2) is 40.5 Å². The minimum atomic E-state index is -0.962. The van der Waals surface area contributed by atoms with E-state index in [1.54, 1.807) is 41.3 Å².